The summed E-state index contributed by atoms with van der Waals surface area (Å²) in [6.45, 7) is 2.36. The van der Waals surface area contributed by atoms with Crippen molar-refractivity contribution in [3.63, 3.8) is 0 Å². The van der Waals surface area contributed by atoms with Gasteiger partial charge in [-0.2, -0.15) is 4.31 Å². The number of benzene rings is 1. The van der Waals surface area contributed by atoms with E-state index in [0.29, 0.717) is 32.7 Å². The van der Waals surface area contributed by atoms with Crippen molar-refractivity contribution < 1.29 is 21.2 Å². The van der Waals surface area contributed by atoms with E-state index in [2.05, 4.69) is 4.90 Å². The Kier molecular flexibility index (Phi) is 4.96. The molecular weight excluding hydrogens is 355 g/mol. The molecule has 2 aliphatic rings. The van der Waals surface area contributed by atoms with Crippen molar-refractivity contribution in [3.05, 3.63) is 35.6 Å². The molecule has 0 saturated carbocycles. The molecular formula is C15H21FN2O4S2. The first-order valence-electron chi connectivity index (χ1n) is 7.92. The van der Waals surface area contributed by atoms with Crippen molar-refractivity contribution in [2.75, 3.05) is 37.7 Å². The highest BCUT2D eigenvalue weighted by Gasteiger charge is 2.41. The van der Waals surface area contributed by atoms with Crippen LogP contribution in [0.2, 0.25) is 0 Å². The number of nitrogens with zero attached hydrogens (tertiary/aromatic N) is 2. The summed E-state index contributed by atoms with van der Waals surface area (Å²) in [4.78, 5) is 2.08. The summed E-state index contributed by atoms with van der Waals surface area (Å²) in [5.41, 5.74) is 0.855. The number of sulfone groups is 1. The molecule has 6 nitrogen and oxygen atoms in total. The lowest BCUT2D eigenvalue weighted by Gasteiger charge is -2.35. The van der Waals surface area contributed by atoms with Gasteiger partial charge in [-0.3, -0.25) is 4.90 Å². The van der Waals surface area contributed by atoms with E-state index < -0.39 is 25.1 Å². The zero-order valence-corrected chi connectivity index (χ0v) is 14.9. The minimum absolute atomic E-state index is 0.0452. The van der Waals surface area contributed by atoms with E-state index >= 15 is 0 Å². The van der Waals surface area contributed by atoms with Crippen molar-refractivity contribution >= 4 is 19.9 Å². The van der Waals surface area contributed by atoms with Gasteiger partial charge in [-0.15, -0.1) is 0 Å². The number of halogens is 1. The van der Waals surface area contributed by atoms with Crippen LogP contribution in [0.5, 0.6) is 0 Å². The Morgan fingerprint density at radius 2 is 1.88 bits per heavy atom. The van der Waals surface area contributed by atoms with Crippen LogP contribution in [0, 0.1) is 5.82 Å². The second-order valence-corrected chi connectivity index (χ2v) is 10.8. The molecule has 1 unspecified atom stereocenters. The van der Waals surface area contributed by atoms with Crippen LogP contribution in [-0.4, -0.2) is 69.0 Å². The fourth-order valence-corrected chi connectivity index (χ4v) is 7.75. The van der Waals surface area contributed by atoms with Gasteiger partial charge in [0.05, 0.1) is 16.8 Å². The van der Waals surface area contributed by atoms with E-state index in [-0.39, 0.29) is 23.7 Å². The molecule has 0 amide bonds. The Balaban J connectivity index is 1.58. The highest BCUT2D eigenvalue weighted by Crippen LogP contribution is 2.23. The van der Waals surface area contributed by atoms with E-state index in [9.17, 15) is 21.2 Å². The maximum absolute atomic E-state index is 13.2. The molecule has 2 heterocycles. The minimum Gasteiger partial charge on any atom is -0.296 e. The van der Waals surface area contributed by atoms with E-state index in [1.807, 2.05) is 6.07 Å². The van der Waals surface area contributed by atoms with E-state index in [4.69, 9.17) is 0 Å². The van der Waals surface area contributed by atoms with Gasteiger partial charge in [-0.1, -0.05) is 12.1 Å². The number of hydrogen-bond acceptors (Lipinski definition) is 5. The fraction of sp³-hybridized carbons (Fsp3) is 0.600. The van der Waals surface area contributed by atoms with Crippen molar-refractivity contribution in [1.29, 1.82) is 0 Å². The third-order valence-electron chi connectivity index (χ3n) is 4.60. The lowest BCUT2D eigenvalue weighted by Crippen LogP contribution is -2.50. The van der Waals surface area contributed by atoms with Gasteiger partial charge in [0.2, 0.25) is 10.0 Å². The number of rotatable bonds is 4. The summed E-state index contributed by atoms with van der Waals surface area (Å²) in [5, 5.41) is -0.808. The van der Waals surface area contributed by atoms with Crippen LogP contribution in [0.4, 0.5) is 4.39 Å². The lowest BCUT2D eigenvalue weighted by molar-refractivity contribution is 0.180. The van der Waals surface area contributed by atoms with E-state index in [1.54, 1.807) is 6.07 Å². The predicted octanol–water partition coefficient (Wildman–Crippen LogP) is 0.460. The van der Waals surface area contributed by atoms with Crippen LogP contribution >= 0.6 is 0 Å². The summed E-state index contributed by atoms with van der Waals surface area (Å²) >= 11 is 0. The van der Waals surface area contributed by atoms with Crippen LogP contribution in [0.15, 0.2) is 24.3 Å². The lowest BCUT2D eigenvalue weighted by atomic mass is 10.2. The topological polar surface area (TPSA) is 74.8 Å². The molecule has 0 spiro atoms. The van der Waals surface area contributed by atoms with Gasteiger partial charge in [-0.25, -0.2) is 21.2 Å². The maximum Gasteiger partial charge on any atom is 0.218 e. The molecule has 134 valence electrons. The number of piperazine rings is 1. The van der Waals surface area contributed by atoms with Gasteiger partial charge in [0, 0.05) is 32.7 Å². The first-order chi connectivity index (χ1) is 11.3. The first kappa shape index (κ1) is 17.8. The second kappa shape index (κ2) is 6.70. The van der Waals surface area contributed by atoms with Gasteiger partial charge in [-0.05, 0) is 24.1 Å². The van der Waals surface area contributed by atoms with Gasteiger partial charge in [0.25, 0.3) is 0 Å². The second-order valence-electron chi connectivity index (χ2n) is 6.38. The SMILES string of the molecule is O=S1(=O)CCC(S(=O)(=O)N2CCN(Cc3cccc(F)c3)CC2)C1. The highest BCUT2D eigenvalue weighted by atomic mass is 32.2. The van der Waals surface area contributed by atoms with E-state index in [1.165, 1.54) is 16.4 Å². The van der Waals surface area contributed by atoms with Gasteiger partial charge in [0.1, 0.15) is 5.82 Å². The summed E-state index contributed by atoms with van der Waals surface area (Å²) in [7, 11) is -6.79. The largest absolute Gasteiger partial charge is 0.296 e. The zero-order valence-electron chi connectivity index (χ0n) is 13.3. The summed E-state index contributed by atoms with van der Waals surface area (Å²) < 4.78 is 62.8. The monoisotopic (exact) mass is 376 g/mol. The molecule has 24 heavy (non-hydrogen) atoms. The smallest absolute Gasteiger partial charge is 0.218 e. The molecule has 1 aromatic rings. The maximum atomic E-state index is 13.2. The molecule has 1 aromatic carbocycles. The Morgan fingerprint density at radius 3 is 2.46 bits per heavy atom. The average molecular weight is 376 g/mol. The number of sulfonamides is 1. The summed E-state index contributed by atoms with van der Waals surface area (Å²) in [6, 6.07) is 6.37. The molecule has 2 fully saturated rings. The molecule has 0 N–H and O–H groups in total. The minimum atomic E-state index is -3.57. The molecule has 2 aliphatic heterocycles. The van der Waals surface area contributed by atoms with Crippen LogP contribution in [-0.2, 0) is 26.4 Å². The molecule has 0 bridgehead atoms. The highest BCUT2D eigenvalue weighted by molar-refractivity contribution is 7.95. The van der Waals surface area contributed by atoms with Crippen molar-refractivity contribution in [1.82, 2.24) is 9.21 Å². The molecule has 0 radical (unpaired) electrons. The Labute approximate surface area is 142 Å². The molecule has 0 aliphatic carbocycles. The third kappa shape index (κ3) is 3.96. The Morgan fingerprint density at radius 1 is 1.17 bits per heavy atom. The number of hydrogen-bond donors (Lipinski definition) is 0. The van der Waals surface area contributed by atoms with Crippen molar-refractivity contribution in [2.24, 2.45) is 0 Å². The zero-order chi connectivity index (χ0) is 17.4. The molecule has 3 rings (SSSR count). The Hall–Kier alpha value is -1.03. The van der Waals surface area contributed by atoms with Crippen LogP contribution in [0.25, 0.3) is 0 Å². The normalized spacial score (nSPS) is 25.8. The van der Waals surface area contributed by atoms with Gasteiger partial charge >= 0.3 is 0 Å². The van der Waals surface area contributed by atoms with Crippen molar-refractivity contribution in [3.8, 4) is 0 Å². The predicted molar refractivity (Wildman–Crippen MR) is 89.2 cm³/mol. The van der Waals surface area contributed by atoms with Gasteiger partial charge < -0.3 is 0 Å². The van der Waals surface area contributed by atoms with Crippen LogP contribution in [0.3, 0.4) is 0 Å². The Bertz CT molecular complexity index is 803. The fourth-order valence-electron chi connectivity index (χ4n) is 3.24. The molecule has 2 saturated heterocycles. The van der Waals surface area contributed by atoms with Crippen molar-refractivity contribution in [2.45, 2.75) is 18.2 Å². The average Bonchev–Trinajstić information content (AvgIpc) is 2.89. The van der Waals surface area contributed by atoms with Crippen LogP contribution in [0.1, 0.15) is 12.0 Å². The van der Waals surface area contributed by atoms with Gasteiger partial charge in [0.15, 0.2) is 9.84 Å². The third-order valence-corrected chi connectivity index (χ3v) is 8.91. The van der Waals surface area contributed by atoms with Crippen LogP contribution < -0.4 is 0 Å². The first-order valence-corrected chi connectivity index (χ1v) is 11.2. The summed E-state index contributed by atoms with van der Waals surface area (Å²) in [6.07, 6.45) is 0.189. The molecule has 0 aromatic heterocycles. The standard InChI is InChI=1S/C15H21FN2O4S2/c16-14-3-1-2-13(10-14)11-17-5-7-18(8-6-17)24(21,22)15-4-9-23(19,20)12-15/h1-3,10,15H,4-9,11-12H2. The quantitative estimate of drug-likeness (QED) is 0.763. The molecule has 9 heteroatoms. The summed E-state index contributed by atoms with van der Waals surface area (Å²) in [5.74, 6) is -0.592. The van der Waals surface area contributed by atoms with E-state index in [0.717, 1.165) is 5.56 Å². The molecule has 1 atom stereocenters.